The summed E-state index contributed by atoms with van der Waals surface area (Å²) >= 11 is 0. The molecule has 1 aliphatic heterocycles. The Hall–Kier alpha value is -0.910. The van der Waals surface area contributed by atoms with Crippen LogP contribution in [0.4, 0.5) is 13.6 Å². The molecular weight excluding hydrogens is 194 g/mol. The molecule has 3 N–H and O–H groups in total. The number of rotatable bonds is 1. The average Bonchev–Trinajstić information content (AvgIpc) is 2.01. The zero-order chi connectivity index (χ0) is 10.9. The third-order valence-corrected chi connectivity index (χ3v) is 2.57. The number of likely N-dealkylation sites (tertiary alicyclic amines) is 1. The lowest BCUT2D eigenvalue weighted by molar-refractivity contribution is -0.0927. The van der Waals surface area contributed by atoms with E-state index in [2.05, 4.69) is 0 Å². The Morgan fingerprint density at radius 2 is 2.29 bits per heavy atom. The van der Waals surface area contributed by atoms with Gasteiger partial charge in [0.1, 0.15) is 0 Å². The Morgan fingerprint density at radius 1 is 1.71 bits per heavy atom. The summed E-state index contributed by atoms with van der Waals surface area (Å²) in [5.41, 5.74) is 5.36. The highest BCUT2D eigenvalue weighted by Crippen LogP contribution is 2.33. The van der Waals surface area contributed by atoms with E-state index in [0.717, 1.165) is 4.90 Å². The maximum absolute atomic E-state index is 13.0. The minimum atomic E-state index is -2.93. The van der Waals surface area contributed by atoms with Crippen LogP contribution in [0, 0.1) is 5.92 Å². The second-order valence-electron chi connectivity index (χ2n) is 3.75. The van der Waals surface area contributed by atoms with Crippen LogP contribution in [-0.4, -0.2) is 41.2 Å². The van der Waals surface area contributed by atoms with Crippen LogP contribution in [0.25, 0.3) is 0 Å². The highest BCUT2D eigenvalue weighted by atomic mass is 19.3. The number of piperidine rings is 1. The van der Waals surface area contributed by atoms with E-state index < -0.39 is 30.5 Å². The van der Waals surface area contributed by atoms with Gasteiger partial charge >= 0.3 is 6.09 Å². The van der Waals surface area contributed by atoms with E-state index in [1.807, 2.05) is 0 Å². The number of halogens is 2. The fraction of sp³-hybridized carbons (Fsp3) is 0.875. The molecule has 1 aliphatic rings. The van der Waals surface area contributed by atoms with Gasteiger partial charge < -0.3 is 10.8 Å². The monoisotopic (exact) mass is 208 g/mol. The summed E-state index contributed by atoms with van der Waals surface area (Å²) in [6.45, 7) is 0.943. The van der Waals surface area contributed by atoms with Crippen LogP contribution in [0.1, 0.15) is 13.3 Å². The Labute approximate surface area is 80.7 Å². The quantitative estimate of drug-likeness (QED) is 0.674. The third-order valence-electron chi connectivity index (χ3n) is 2.57. The van der Waals surface area contributed by atoms with Crippen LogP contribution in [0.2, 0.25) is 0 Å². The van der Waals surface area contributed by atoms with E-state index in [1.54, 1.807) is 6.92 Å². The standard InChI is InChI=1S/C8H14F2N2O2/c1-5-2-8(9,10)4-12(7(13)14)6(5)3-11/h5-6H,2-4,11H2,1H3,(H,13,14)/t5-,6-/m1/s1. The molecule has 0 aromatic rings. The number of nitrogens with zero attached hydrogens (tertiary/aromatic N) is 1. The molecule has 0 radical (unpaired) electrons. The van der Waals surface area contributed by atoms with E-state index in [1.165, 1.54) is 0 Å². The van der Waals surface area contributed by atoms with Crippen LogP contribution in [0.3, 0.4) is 0 Å². The molecule has 0 spiro atoms. The second kappa shape index (κ2) is 3.68. The van der Waals surface area contributed by atoms with Crippen molar-refractivity contribution in [2.75, 3.05) is 13.1 Å². The topological polar surface area (TPSA) is 66.6 Å². The van der Waals surface area contributed by atoms with Gasteiger partial charge in [0.15, 0.2) is 0 Å². The maximum atomic E-state index is 13.0. The van der Waals surface area contributed by atoms with Crippen LogP contribution in [0.5, 0.6) is 0 Å². The zero-order valence-electron chi connectivity index (χ0n) is 7.91. The lowest BCUT2D eigenvalue weighted by Gasteiger charge is -2.41. The number of hydrogen-bond donors (Lipinski definition) is 2. The van der Waals surface area contributed by atoms with Crippen molar-refractivity contribution in [3.05, 3.63) is 0 Å². The average molecular weight is 208 g/mol. The summed E-state index contributed by atoms with van der Waals surface area (Å²) in [6, 6.07) is -0.493. The second-order valence-corrected chi connectivity index (χ2v) is 3.75. The van der Waals surface area contributed by atoms with Crippen molar-refractivity contribution in [2.45, 2.75) is 25.3 Å². The van der Waals surface area contributed by atoms with Crippen molar-refractivity contribution < 1.29 is 18.7 Å². The summed E-state index contributed by atoms with van der Waals surface area (Å²) in [5.74, 6) is -3.33. The zero-order valence-corrected chi connectivity index (χ0v) is 7.91. The fourth-order valence-electron chi connectivity index (χ4n) is 1.91. The van der Waals surface area contributed by atoms with Crippen LogP contribution < -0.4 is 5.73 Å². The van der Waals surface area contributed by atoms with E-state index in [0.29, 0.717) is 0 Å². The molecule has 2 atom stereocenters. The first-order valence-electron chi connectivity index (χ1n) is 4.45. The van der Waals surface area contributed by atoms with Crippen molar-refractivity contribution in [2.24, 2.45) is 11.7 Å². The summed E-state index contributed by atoms with van der Waals surface area (Å²) in [4.78, 5) is 11.4. The van der Waals surface area contributed by atoms with Crippen molar-refractivity contribution >= 4 is 6.09 Å². The number of alkyl halides is 2. The number of carboxylic acid groups (broad SMARTS) is 1. The van der Waals surface area contributed by atoms with Gasteiger partial charge in [0.2, 0.25) is 0 Å². The fourth-order valence-corrected chi connectivity index (χ4v) is 1.91. The number of carbonyl (C=O) groups is 1. The van der Waals surface area contributed by atoms with Gasteiger partial charge in [-0.1, -0.05) is 6.92 Å². The first-order valence-corrected chi connectivity index (χ1v) is 4.45. The van der Waals surface area contributed by atoms with Crippen LogP contribution in [-0.2, 0) is 0 Å². The Morgan fingerprint density at radius 3 is 2.71 bits per heavy atom. The molecule has 1 fully saturated rings. The van der Waals surface area contributed by atoms with Crippen molar-refractivity contribution in [1.29, 1.82) is 0 Å². The molecule has 0 saturated carbocycles. The molecule has 82 valence electrons. The number of nitrogens with two attached hydrogens (primary N) is 1. The minimum Gasteiger partial charge on any atom is -0.465 e. The van der Waals surface area contributed by atoms with Gasteiger partial charge in [0, 0.05) is 13.0 Å². The molecule has 0 aliphatic carbocycles. The van der Waals surface area contributed by atoms with Crippen LogP contribution in [0.15, 0.2) is 0 Å². The van der Waals surface area contributed by atoms with E-state index >= 15 is 0 Å². The lowest BCUT2D eigenvalue weighted by atomic mass is 9.89. The van der Waals surface area contributed by atoms with Crippen molar-refractivity contribution in [3.8, 4) is 0 Å². The van der Waals surface area contributed by atoms with Gasteiger partial charge in [-0.3, -0.25) is 4.90 Å². The first-order chi connectivity index (χ1) is 6.37. The van der Waals surface area contributed by atoms with Gasteiger partial charge in [-0.05, 0) is 5.92 Å². The molecule has 1 rings (SSSR count). The Kier molecular flexibility index (Phi) is 2.94. The molecule has 0 unspecified atom stereocenters. The number of hydrogen-bond acceptors (Lipinski definition) is 2. The largest absolute Gasteiger partial charge is 0.465 e. The van der Waals surface area contributed by atoms with Crippen molar-refractivity contribution in [1.82, 2.24) is 4.90 Å². The van der Waals surface area contributed by atoms with Gasteiger partial charge in [0.05, 0.1) is 12.6 Å². The van der Waals surface area contributed by atoms with Gasteiger partial charge in [-0.15, -0.1) is 0 Å². The first kappa shape index (κ1) is 11.2. The third kappa shape index (κ3) is 2.12. The highest BCUT2D eigenvalue weighted by molar-refractivity contribution is 5.65. The van der Waals surface area contributed by atoms with Crippen LogP contribution >= 0.6 is 0 Å². The highest BCUT2D eigenvalue weighted by Gasteiger charge is 2.45. The van der Waals surface area contributed by atoms with E-state index in [9.17, 15) is 13.6 Å². The Balaban J connectivity index is 2.83. The molecule has 1 saturated heterocycles. The van der Waals surface area contributed by atoms with E-state index in [4.69, 9.17) is 10.8 Å². The summed E-state index contributed by atoms with van der Waals surface area (Å²) < 4.78 is 26.1. The maximum Gasteiger partial charge on any atom is 0.407 e. The normalized spacial score (nSPS) is 31.6. The molecule has 14 heavy (non-hydrogen) atoms. The predicted octanol–water partition coefficient (Wildman–Crippen LogP) is 0.969. The molecule has 0 aromatic carbocycles. The Bertz CT molecular complexity index is 235. The van der Waals surface area contributed by atoms with Gasteiger partial charge in [-0.25, -0.2) is 13.6 Å². The lowest BCUT2D eigenvalue weighted by Crippen LogP contribution is -2.57. The van der Waals surface area contributed by atoms with E-state index in [-0.39, 0.29) is 13.0 Å². The summed E-state index contributed by atoms with van der Waals surface area (Å²) in [7, 11) is 0. The molecule has 1 heterocycles. The van der Waals surface area contributed by atoms with Crippen molar-refractivity contribution in [3.63, 3.8) is 0 Å². The number of amides is 1. The molecule has 1 amide bonds. The minimum absolute atomic E-state index is 0.0869. The SMILES string of the molecule is C[C@@H]1CC(F)(F)CN(C(=O)O)[C@@H]1CN. The molecule has 0 aromatic heterocycles. The smallest absolute Gasteiger partial charge is 0.407 e. The molecular formula is C8H14F2N2O2. The van der Waals surface area contributed by atoms with Gasteiger partial charge in [-0.2, -0.15) is 0 Å². The summed E-state index contributed by atoms with van der Waals surface area (Å²) in [5, 5.41) is 8.73. The van der Waals surface area contributed by atoms with Gasteiger partial charge in [0.25, 0.3) is 5.92 Å². The molecule has 4 nitrogen and oxygen atoms in total. The predicted molar refractivity (Wildman–Crippen MR) is 46.3 cm³/mol. The summed E-state index contributed by atoms with van der Waals surface area (Å²) in [6.07, 6.45) is -1.62. The molecule has 6 heteroatoms. The molecule has 0 bridgehead atoms.